The lowest BCUT2D eigenvalue weighted by atomic mass is 9.92. The minimum Gasteiger partial charge on any atom is -0.323 e. The summed E-state index contributed by atoms with van der Waals surface area (Å²) in [7, 11) is 1.87. The largest absolute Gasteiger partial charge is 0.323 e. The number of halogens is 2. The van der Waals surface area contributed by atoms with Crippen molar-refractivity contribution in [3.05, 3.63) is 60.2 Å². The molecule has 2 aromatic carbocycles. The Balaban J connectivity index is 1.50. The standard InChI is InChI=1S/C21H22F2N4O2/c1-25-12-19(28)27(18-7-3-5-16(23)11-18)14-21(25)8-9-26(13-21)20(29)24-17-6-2-4-15(22)10-17/h2-7,10-11H,8-9,12-14H2,1H3,(H,24,29)/t21-/m0/s1. The van der Waals surface area contributed by atoms with Gasteiger partial charge in [0.2, 0.25) is 5.91 Å². The summed E-state index contributed by atoms with van der Waals surface area (Å²) in [5, 5.41) is 2.72. The molecular formula is C21H22F2N4O2. The third-order valence-corrected chi connectivity index (χ3v) is 5.75. The average molecular weight is 400 g/mol. The molecule has 2 aromatic rings. The Morgan fingerprint density at radius 1 is 1.07 bits per heavy atom. The third kappa shape index (κ3) is 3.80. The monoisotopic (exact) mass is 400 g/mol. The van der Waals surface area contributed by atoms with E-state index in [2.05, 4.69) is 5.32 Å². The van der Waals surface area contributed by atoms with Crippen LogP contribution >= 0.6 is 0 Å². The second-order valence-electron chi connectivity index (χ2n) is 7.65. The van der Waals surface area contributed by atoms with Gasteiger partial charge in [-0.1, -0.05) is 12.1 Å². The Morgan fingerprint density at radius 3 is 2.52 bits per heavy atom. The van der Waals surface area contributed by atoms with Crippen molar-refractivity contribution in [2.45, 2.75) is 12.0 Å². The topological polar surface area (TPSA) is 55.9 Å². The summed E-state index contributed by atoms with van der Waals surface area (Å²) < 4.78 is 27.0. The van der Waals surface area contributed by atoms with Crippen molar-refractivity contribution in [2.24, 2.45) is 0 Å². The predicted octanol–water partition coefficient (Wildman–Crippen LogP) is 2.92. The number of urea groups is 1. The van der Waals surface area contributed by atoms with E-state index in [4.69, 9.17) is 0 Å². The fourth-order valence-corrected chi connectivity index (χ4v) is 4.08. The summed E-state index contributed by atoms with van der Waals surface area (Å²) >= 11 is 0. The number of nitrogens with one attached hydrogen (secondary N) is 1. The second kappa shape index (κ2) is 7.44. The quantitative estimate of drug-likeness (QED) is 0.844. The first-order chi connectivity index (χ1) is 13.9. The molecule has 8 heteroatoms. The summed E-state index contributed by atoms with van der Waals surface area (Å²) in [6, 6.07) is 11.4. The zero-order chi connectivity index (χ0) is 20.6. The Labute approximate surface area is 167 Å². The normalized spacial score (nSPS) is 22.4. The number of likely N-dealkylation sites (tertiary alicyclic amines) is 1. The molecule has 0 bridgehead atoms. The Bertz CT molecular complexity index is 954. The number of nitrogens with zero attached hydrogens (tertiary/aromatic N) is 3. The number of hydrogen-bond acceptors (Lipinski definition) is 3. The Morgan fingerprint density at radius 2 is 1.79 bits per heavy atom. The number of likely N-dealkylation sites (N-methyl/N-ethyl adjacent to an activating group) is 1. The van der Waals surface area contributed by atoms with E-state index in [1.165, 1.54) is 30.3 Å². The van der Waals surface area contributed by atoms with Gasteiger partial charge >= 0.3 is 6.03 Å². The van der Waals surface area contributed by atoms with Crippen LogP contribution in [-0.2, 0) is 4.79 Å². The van der Waals surface area contributed by atoms with E-state index >= 15 is 0 Å². The summed E-state index contributed by atoms with van der Waals surface area (Å²) in [4.78, 5) is 30.5. The minimum atomic E-state index is -0.419. The number of rotatable bonds is 2. The molecule has 2 heterocycles. The molecule has 1 N–H and O–H groups in total. The van der Waals surface area contributed by atoms with Crippen molar-refractivity contribution in [1.82, 2.24) is 9.80 Å². The predicted molar refractivity (Wildman–Crippen MR) is 106 cm³/mol. The fourth-order valence-electron chi connectivity index (χ4n) is 4.08. The van der Waals surface area contributed by atoms with Crippen LogP contribution < -0.4 is 10.2 Å². The lowest BCUT2D eigenvalue weighted by molar-refractivity contribution is -0.123. The minimum absolute atomic E-state index is 0.105. The second-order valence-corrected chi connectivity index (χ2v) is 7.65. The van der Waals surface area contributed by atoms with Crippen LogP contribution in [0.1, 0.15) is 6.42 Å². The Kier molecular flexibility index (Phi) is 4.96. The number of hydrogen-bond donors (Lipinski definition) is 1. The van der Waals surface area contributed by atoms with Gasteiger partial charge in [-0.2, -0.15) is 0 Å². The van der Waals surface area contributed by atoms with Crippen molar-refractivity contribution >= 4 is 23.3 Å². The summed E-state index contributed by atoms with van der Waals surface area (Å²) in [6.45, 7) is 1.49. The highest BCUT2D eigenvalue weighted by molar-refractivity contribution is 5.96. The molecule has 6 nitrogen and oxygen atoms in total. The first kappa shape index (κ1) is 19.3. The van der Waals surface area contributed by atoms with E-state index in [1.54, 1.807) is 28.0 Å². The van der Waals surface area contributed by atoms with Crippen LogP contribution in [-0.4, -0.2) is 60.5 Å². The SMILES string of the molecule is CN1CC(=O)N(c2cccc(F)c2)C[C@@]12CCN(C(=O)Nc1cccc(F)c1)C2. The van der Waals surface area contributed by atoms with Gasteiger partial charge in [-0.3, -0.25) is 9.69 Å². The van der Waals surface area contributed by atoms with Gasteiger partial charge < -0.3 is 15.1 Å². The van der Waals surface area contributed by atoms with Gasteiger partial charge in [0.05, 0.1) is 12.1 Å². The molecule has 1 atom stereocenters. The van der Waals surface area contributed by atoms with Crippen molar-refractivity contribution in [3.63, 3.8) is 0 Å². The molecule has 0 aliphatic carbocycles. The van der Waals surface area contributed by atoms with Crippen LogP contribution in [0.5, 0.6) is 0 Å². The molecule has 0 aromatic heterocycles. The number of anilines is 2. The van der Waals surface area contributed by atoms with Crippen molar-refractivity contribution in [1.29, 1.82) is 0 Å². The van der Waals surface area contributed by atoms with Crippen molar-refractivity contribution in [2.75, 3.05) is 43.4 Å². The lowest BCUT2D eigenvalue weighted by Gasteiger charge is -2.46. The van der Waals surface area contributed by atoms with Gasteiger partial charge in [0.1, 0.15) is 11.6 Å². The number of carbonyl (C=O) groups is 2. The molecule has 2 saturated heterocycles. The fraction of sp³-hybridized carbons (Fsp3) is 0.333. The molecule has 0 saturated carbocycles. The van der Waals surface area contributed by atoms with Gasteiger partial charge in [0.25, 0.3) is 0 Å². The lowest BCUT2D eigenvalue weighted by Crippen LogP contribution is -2.64. The van der Waals surface area contributed by atoms with Crippen LogP contribution in [0.25, 0.3) is 0 Å². The summed E-state index contributed by atoms with van der Waals surface area (Å²) in [6.07, 6.45) is 0.680. The summed E-state index contributed by atoms with van der Waals surface area (Å²) in [5.74, 6) is -0.922. The van der Waals surface area contributed by atoms with Crippen LogP contribution in [0.15, 0.2) is 48.5 Å². The molecular weight excluding hydrogens is 378 g/mol. The van der Waals surface area contributed by atoms with Gasteiger partial charge in [-0.15, -0.1) is 0 Å². The smallest absolute Gasteiger partial charge is 0.321 e. The van der Waals surface area contributed by atoms with Gasteiger partial charge in [0, 0.05) is 31.0 Å². The van der Waals surface area contributed by atoms with Crippen LogP contribution in [0.2, 0.25) is 0 Å². The first-order valence-corrected chi connectivity index (χ1v) is 9.45. The molecule has 3 amide bonds. The maximum Gasteiger partial charge on any atom is 0.321 e. The molecule has 2 aliphatic rings. The number of benzene rings is 2. The van der Waals surface area contributed by atoms with Gasteiger partial charge in [-0.05, 0) is 49.9 Å². The zero-order valence-electron chi connectivity index (χ0n) is 16.1. The highest BCUT2D eigenvalue weighted by Gasteiger charge is 2.48. The molecule has 2 aliphatic heterocycles. The molecule has 2 fully saturated rings. The molecule has 152 valence electrons. The molecule has 4 rings (SSSR count). The molecule has 0 unspecified atom stereocenters. The van der Waals surface area contributed by atoms with Crippen LogP contribution in [0.4, 0.5) is 25.0 Å². The van der Waals surface area contributed by atoms with Crippen molar-refractivity contribution < 1.29 is 18.4 Å². The molecule has 29 heavy (non-hydrogen) atoms. The number of carbonyl (C=O) groups excluding carboxylic acids is 2. The highest BCUT2D eigenvalue weighted by Crippen LogP contribution is 2.33. The van der Waals surface area contributed by atoms with Gasteiger partial charge in [-0.25, -0.2) is 13.6 Å². The van der Waals surface area contributed by atoms with Crippen LogP contribution in [0, 0.1) is 11.6 Å². The number of piperazine rings is 1. The zero-order valence-corrected chi connectivity index (χ0v) is 16.1. The van der Waals surface area contributed by atoms with E-state index in [0.29, 0.717) is 37.4 Å². The Hall–Kier alpha value is -3.00. The van der Waals surface area contributed by atoms with E-state index in [1.807, 2.05) is 11.9 Å². The van der Waals surface area contributed by atoms with E-state index in [9.17, 15) is 18.4 Å². The molecule has 0 radical (unpaired) electrons. The number of amides is 3. The summed E-state index contributed by atoms with van der Waals surface area (Å²) in [5.41, 5.74) is 0.495. The average Bonchev–Trinajstić information content (AvgIpc) is 3.10. The van der Waals surface area contributed by atoms with Gasteiger partial charge in [0.15, 0.2) is 0 Å². The van der Waals surface area contributed by atoms with E-state index in [-0.39, 0.29) is 18.5 Å². The maximum absolute atomic E-state index is 13.7. The van der Waals surface area contributed by atoms with E-state index < -0.39 is 17.2 Å². The maximum atomic E-state index is 13.7. The third-order valence-electron chi connectivity index (χ3n) is 5.75. The highest BCUT2D eigenvalue weighted by atomic mass is 19.1. The molecule has 1 spiro atoms. The van der Waals surface area contributed by atoms with Crippen LogP contribution in [0.3, 0.4) is 0 Å². The van der Waals surface area contributed by atoms with E-state index in [0.717, 1.165) is 0 Å². The first-order valence-electron chi connectivity index (χ1n) is 9.45. The van der Waals surface area contributed by atoms with Crippen molar-refractivity contribution in [3.8, 4) is 0 Å².